The van der Waals surface area contributed by atoms with E-state index in [9.17, 15) is 4.79 Å². The highest BCUT2D eigenvalue weighted by Gasteiger charge is 2.47. The zero-order valence-electron chi connectivity index (χ0n) is 19.2. The largest absolute Gasteiger partial charge is 0.461 e. The number of allylic oxidation sites excluding steroid dienone is 1. The molecule has 0 aliphatic heterocycles. The predicted molar refractivity (Wildman–Crippen MR) is 130 cm³/mol. The minimum Gasteiger partial charge on any atom is -0.461 e. The van der Waals surface area contributed by atoms with Gasteiger partial charge in [-0.15, -0.1) is 6.58 Å². The number of hydrogen-bond donors (Lipinski definition) is 1. The second kappa shape index (κ2) is 11.0. The SMILES string of the molecule is C=CC1C[C@H](OC(=O)C2(c3ccccc3)CCCCCC2)C1CCNCc1ccccc1. The lowest BCUT2D eigenvalue weighted by atomic mass is 9.68. The summed E-state index contributed by atoms with van der Waals surface area (Å²) in [6.07, 6.45) is 10.4. The summed E-state index contributed by atoms with van der Waals surface area (Å²) < 4.78 is 6.28. The Morgan fingerprint density at radius 3 is 2.31 bits per heavy atom. The second-order valence-electron chi connectivity index (χ2n) is 9.56. The molecule has 2 unspecified atom stereocenters. The molecule has 2 fully saturated rings. The Morgan fingerprint density at radius 2 is 1.66 bits per heavy atom. The second-order valence-corrected chi connectivity index (χ2v) is 9.56. The highest BCUT2D eigenvalue weighted by molar-refractivity contribution is 5.83. The number of rotatable bonds is 9. The van der Waals surface area contributed by atoms with Crippen LogP contribution in [0.2, 0.25) is 0 Å². The van der Waals surface area contributed by atoms with Gasteiger partial charge in [0.05, 0.1) is 5.41 Å². The van der Waals surface area contributed by atoms with E-state index < -0.39 is 5.41 Å². The van der Waals surface area contributed by atoms with E-state index in [0.717, 1.165) is 57.2 Å². The van der Waals surface area contributed by atoms with E-state index in [2.05, 4.69) is 48.3 Å². The molecule has 0 amide bonds. The molecule has 3 atom stereocenters. The maximum Gasteiger partial charge on any atom is 0.316 e. The molecule has 0 bridgehead atoms. The smallest absolute Gasteiger partial charge is 0.316 e. The number of nitrogens with one attached hydrogen (secondary N) is 1. The fourth-order valence-electron chi connectivity index (χ4n) is 5.55. The molecule has 2 aliphatic rings. The van der Waals surface area contributed by atoms with Crippen LogP contribution in [0.15, 0.2) is 73.3 Å². The first kappa shape index (κ1) is 22.8. The molecule has 2 aromatic carbocycles. The zero-order chi connectivity index (χ0) is 22.2. The first-order chi connectivity index (χ1) is 15.7. The van der Waals surface area contributed by atoms with E-state index in [0.29, 0.717) is 11.8 Å². The summed E-state index contributed by atoms with van der Waals surface area (Å²) in [4.78, 5) is 13.7. The van der Waals surface area contributed by atoms with E-state index in [1.54, 1.807) is 0 Å². The van der Waals surface area contributed by atoms with Crippen LogP contribution in [-0.4, -0.2) is 18.6 Å². The molecule has 1 N–H and O–H groups in total. The van der Waals surface area contributed by atoms with Gasteiger partial charge in [-0.3, -0.25) is 4.79 Å². The number of hydrogen-bond acceptors (Lipinski definition) is 3. The monoisotopic (exact) mass is 431 g/mol. The zero-order valence-corrected chi connectivity index (χ0v) is 19.2. The number of ether oxygens (including phenoxy) is 1. The average Bonchev–Trinajstić information content (AvgIpc) is 3.09. The molecule has 3 nitrogen and oxygen atoms in total. The van der Waals surface area contributed by atoms with Crippen LogP contribution >= 0.6 is 0 Å². The van der Waals surface area contributed by atoms with Crippen LogP contribution in [0.5, 0.6) is 0 Å². The molecule has 0 aromatic heterocycles. The van der Waals surface area contributed by atoms with Crippen molar-refractivity contribution in [3.8, 4) is 0 Å². The molecule has 0 saturated heterocycles. The van der Waals surface area contributed by atoms with Crippen LogP contribution in [0.1, 0.15) is 62.5 Å². The maximum atomic E-state index is 13.7. The van der Waals surface area contributed by atoms with Crippen molar-refractivity contribution in [2.24, 2.45) is 11.8 Å². The highest BCUT2D eigenvalue weighted by Crippen LogP contribution is 2.44. The molecule has 3 heteroatoms. The Kier molecular flexibility index (Phi) is 7.81. The Hall–Kier alpha value is -2.39. The van der Waals surface area contributed by atoms with Crippen LogP contribution in [0.3, 0.4) is 0 Å². The first-order valence-corrected chi connectivity index (χ1v) is 12.4. The summed E-state index contributed by atoms with van der Waals surface area (Å²) in [5, 5.41) is 3.55. The van der Waals surface area contributed by atoms with Gasteiger partial charge in [0.15, 0.2) is 0 Å². The lowest BCUT2D eigenvalue weighted by molar-refractivity contribution is -0.169. The summed E-state index contributed by atoms with van der Waals surface area (Å²) in [5.74, 6) is 0.798. The van der Waals surface area contributed by atoms with Gasteiger partial charge in [0.2, 0.25) is 0 Å². The molecule has 2 aliphatic carbocycles. The summed E-state index contributed by atoms with van der Waals surface area (Å²) >= 11 is 0. The van der Waals surface area contributed by atoms with Gasteiger partial charge in [0, 0.05) is 12.5 Å². The van der Waals surface area contributed by atoms with E-state index >= 15 is 0 Å². The topological polar surface area (TPSA) is 38.3 Å². The fourth-order valence-corrected chi connectivity index (χ4v) is 5.55. The minimum atomic E-state index is -0.479. The van der Waals surface area contributed by atoms with Gasteiger partial charge in [-0.1, -0.05) is 92.4 Å². The van der Waals surface area contributed by atoms with Crippen LogP contribution in [-0.2, 0) is 21.5 Å². The lowest BCUT2D eigenvalue weighted by Gasteiger charge is -2.44. The van der Waals surface area contributed by atoms with E-state index in [1.807, 2.05) is 30.3 Å². The summed E-state index contributed by atoms with van der Waals surface area (Å²) in [7, 11) is 0. The van der Waals surface area contributed by atoms with Crippen molar-refractivity contribution < 1.29 is 9.53 Å². The first-order valence-electron chi connectivity index (χ1n) is 12.4. The van der Waals surface area contributed by atoms with Crippen molar-refractivity contribution in [2.45, 2.75) is 69.4 Å². The summed E-state index contributed by atoms with van der Waals surface area (Å²) in [5.41, 5.74) is 1.95. The number of carbonyl (C=O) groups is 1. The third-order valence-electron chi connectivity index (χ3n) is 7.59. The number of carbonyl (C=O) groups excluding carboxylic acids is 1. The quantitative estimate of drug-likeness (QED) is 0.223. The van der Waals surface area contributed by atoms with Crippen molar-refractivity contribution in [2.75, 3.05) is 6.54 Å². The van der Waals surface area contributed by atoms with Crippen LogP contribution in [0.4, 0.5) is 0 Å². The molecular weight excluding hydrogens is 394 g/mol. The van der Waals surface area contributed by atoms with Crippen molar-refractivity contribution in [3.05, 3.63) is 84.4 Å². The standard InChI is InChI=1S/C29H37NO2/c1-2-24-21-27(26(24)17-20-30-22-23-13-7-5-8-14-23)32-28(31)29(18-11-3-4-12-19-29)25-15-9-6-10-16-25/h2,5-10,13-16,24,26-27,30H,1,3-4,11-12,17-22H2/t24?,26?,27-/m0/s1. The molecule has 170 valence electrons. The molecule has 4 rings (SSSR count). The van der Waals surface area contributed by atoms with E-state index in [-0.39, 0.29) is 12.1 Å². The third kappa shape index (κ3) is 5.15. The molecule has 0 heterocycles. The van der Waals surface area contributed by atoms with Gasteiger partial charge in [-0.2, -0.15) is 0 Å². The lowest BCUT2D eigenvalue weighted by Crippen LogP contribution is -2.48. The molecule has 0 radical (unpaired) electrons. The summed E-state index contributed by atoms with van der Waals surface area (Å²) in [6.45, 7) is 5.81. The Morgan fingerprint density at radius 1 is 1.00 bits per heavy atom. The van der Waals surface area contributed by atoms with E-state index in [1.165, 1.54) is 18.4 Å². The minimum absolute atomic E-state index is 0.000331. The molecule has 0 spiro atoms. The van der Waals surface area contributed by atoms with Crippen molar-refractivity contribution in [3.63, 3.8) is 0 Å². The van der Waals surface area contributed by atoms with Crippen LogP contribution < -0.4 is 5.32 Å². The average molecular weight is 432 g/mol. The highest BCUT2D eigenvalue weighted by atomic mass is 16.5. The summed E-state index contributed by atoms with van der Waals surface area (Å²) in [6, 6.07) is 20.8. The van der Waals surface area contributed by atoms with Crippen LogP contribution in [0.25, 0.3) is 0 Å². The maximum absolute atomic E-state index is 13.7. The van der Waals surface area contributed by atoms with E-state index in [4.69, 9.17) is 4.74 Å². The van der Waals surface area contributed by atoms with Gasteiger partial charge in [0.25, 0.3) is 0 Å². The van der Waals surface area contributed by atoms with Gasteiger partial charge in [-0.25, -0.2) is 0 Å². The van der Waals surface area contributed by atoms with Gasteiger partial charge < -0.3 is 10.1 Å². The predicted octanol–water partition coefficient (Wildman–Crippen LogP) is 6.19. The third-order valence-corrected chi connectivity index (χ3v) is 7.59. The molecule has 32 heavy (non-hydrogen) atoms. The van der Waals surface area contributed by atoms with Crippen molar-refractivity contribution in [1.82, 2.24) is 5.32 Å². The molecule has 2 aromatic rings. The van der Waals surface area contributed by atoms with Gasteiger partial charge >= 0.3 is 5.97 Å². The van der Waals surface area contributed by atoms with Gasteiger partial charge in [-0.05, 0) is 49.3 Å². The normalized spacial score (nSPS) is 24.7. The van der Waals surface area contributed by atoms with Crippen molar-refractivity contribution >= 4 is 5.97 Å². The number of esters is 1. The fraction of sp³-hybridized carbons (Fsp3) is 0.483. The van der Waals surface area contributed by atoms with Gasteiger partial charge in [0.1, 0.15) is 6.10 Å². The Balaban J connectivity index is 1.38. The Bertz CT molecular complexity index is 855. The Labute approximate surface area is 193 Å². The van der Waals surface area contributed by atoms with Crippen molar-refractivity contribution in [1.29, 1.82) is 0 Å². The number of benzene rings is 2. The molecular formula is C29H37NO2. The van der Waals surface area contributed by atoms with Crippen LogP contribution in [0, 0.1) is 11.8 Å². The molecule has 2 saturated carbocycles.